The minimum atomic E-state index is -2.99. The number of rotatable bonds is 8. The minimum absolute atomic E-state index is 0.0643. The monoisotopic (exact) mass is 395 g/mol. The number of amides is 1. The van der Waals surface area contributed by atoms with Crippen LogP contribution in [0.4, 0.5) is 18.9 Å². The molecular formula is C19H16F3NO5. The van der Waals surface area contributed by atoms with Crippen molar-refractivity contribution in [1.82, 2.24) is 0 Å². The first-order valence-electron chi connectivity index (χ1n) is 7.90. The number of methoxy groups -OCH3 is 1. The Balaban J connectivity index is 1.87. The number of anilines is 1. The van der Waals surface area contributed by atoms with Gasteiger partial charge in [-0.25, -0.2) is 9.18 Å². The highest BCUT2D eigenvalue weighted by molar-refractivity contribution is 5.94. The third-order valence-electron chi connectivity index (χ3n) is 3.29. The summed E-state index contributed by atoms with van der Waals surface area (Å²) < 4.78 is 51.4. The number of carbonyl (C=O) groups is 2. The van der Waals surface area contributed by atoms with E-state index in [4.69, 9.17) is 9.47 Å². The molecule has 0 unspecified atom stereocenters. The number of benzene rings is 2. The van der Waals surface area contributed by atoms with Crippen LogP contribution in [0.3, 0.4) is 0 Å². The van der Waals surface area contributed by atoms with Gasteiger partial charge in [0.05, 0.1) is 7.11 Å². The topological polar surface area (TPSA) is 73.9 Å². The van der Waals surface area contributed by atoms with E-state index in [1.54, 1.807) is 0 Å². The molecule has 2 rings (SSSR count). The second kappa shape index (κ2) is 10.0. The van der Waals surface area contributed by atoms with Gasteiger partial charge in [0, 0.05) is 11.8 Å². The van der Waals surface area contributed by atoms with Crippen molar-refractivity contribution in [2.75, 3.05) is 19.0 Å². The molecule has 0 aliphatic heterocycles. The van der Waals surface area contributed by atoms with Gasteiger partial charge in [0.1, 0.15) is 5.82 Å². The van der Waals surface area contributed by atoms with Crippen LogP contribution in [0.2, 0.25) is 0 Å². The fourth-order valence-corrected chi connectivity index (χ4v) is 2.06. The lowest BCUT2D eigenvalue weighted by Gasteiger charge is -2.10. The van der Waals surface area contributed by atoms with Crippen molar-refractivity contribution in [3.8, 4) is 11.5 Å². The van der Waals surface area contributed by atoms with Gasteiger partial charge in [0.15, 0.2) is 18.1 Å². The zero-order chi connectivity index (χ0) is 20.5. The zero-order valence-corrected chi connectivity index (χ0v) is 14.7. The number of hydrogen-bond acceptors (Lipinski definition) is 5. The normalized spacial score (nSPS) is 10.8. The van der Waals surface area contributed by atoms with Crippen molar-refractivity contribution in [1.29, 1.82) is 0 Å². The predicted molar refractivity (Wildman–Crippen MR) is 94.6 cm³/mol. The van der Waals surface area contributed by atoms with E-state index in [2.05, 4.69) is 10.1 Å². The molecular weight excluding hydrogens is 379 g/mol. The highest BCUT2D eigenvalue weighted by atomic mass is 19.3. The average Bonchev–Trinajstić information content (AvgIpc) is 2.67. The van der Waals surface area contributed by atoms with Crippen LogP contribution in [0.5, 0.6) is 11.5 Å². The van der Waals surface area contributed by atoms with Gasteiger partial charge in [-0.3, -0.25) is 4.79 Å². The number of hydrogen-bond donors (Lipinski definition) is 1. The molecule has 0 spiro atoms. The summed E-state index contributed by atoms with van der Waals surface area (Å²) in [5.41, 5.74) is 0.822. The van der Waals surface area contributed by atoms with Crippen LogP contribution in [0.25, 0.3) is 6.08 Å². The molecule has 0 aliphatic rings. The van der Waals surface area contributed by atoms with Crippen LogP contribution in [0.1, 0.15) is 5.56 Å². The Morgan fingerprint density at radius 1 is 1.11 bits per heavy atom. The maximum Gasteiger partial charge on any atom is 0.387 e. The summed E-state index contributed by atoms with van der Waals surface area (Å²) in [5.74, 6) is -1.91. The lowest BCUT2D eigenvalue weighted by atomic mass is 10.2. The first-order chi connectivity index (χ1) is 13.4. The summed E-state index contributed by atoms with van der Waals surface area (Å²) >= 11 is 0. The fraction of sp³-hybridized carbons (Fsp3) is 0.158. The SMILES string of the molecule is COc1cc(/C=C/C(=O)OCC(=O)Nc2ccc(F)cc2)ccc1OC(F)F. The molecule has 9 heteroatoms. The Labute approximate surface area is 158 Å². The molecule has 0 saturated heterocycles. The van der Waals surface area contributed by atoms with Gasteiger partial charge >= 0.3 is 12.6 Å². The number of esters is 1. The van der Waals surface area contributed by atoms with Gasteiger partial charge in [0.25, 0.3) is 5.91 Å². The molecule has 2 aromatic rings. The highest BCUT2D eigenvalue weighted by Gasteiger charge is 2.11. The average molecular weight is 395 g/mol. The van der Waals surface area contributed by atoms with Gasteiger partial charge in [-0.15, -0.1) is 0 Å². The minimum Gasteiger partial charge on any atom is -0.493 e. The van der Waals surface area contributed by atoms with Crippen LogP contribution in [-0.2, 0) is 14.3 Å². The van der Waals surface area contributed by atoms with E-state index in [0.717, 1.165) is 6.08 Å². The van der Waals surface area contributed by atoms with Crippen molar-refractivity contribution in [3.05, 3.63) is 59.9 Å². The summed E-state index contributed by atoms with van der Waals surface area (Å²) in [4.78, 5) is 23.4. The maximum atomic E-state index is 12.8. The van der Waals surface area contributed by atoms with E-state index in [0.29, 0.717) is 11.3 Å². The zero-order valence-electron chi connectivity index (χ0n) is 14.7. The Bertz CT molecular complexity index is 853. The second-order valence-electron chi connectivity index (χ2n) is 5.28. The van der Waals surface area contributed by atoms with Gasteiger partial charge in [-0.05, 0) is 48.0 Å². The summed E-state index contributed by atoms with van der Waals surface area (Å²) in [6, 6.07) is 9.18. The van der Waals surface area contributed by atoms with E-state index in [-0.39, 0.29) is 11.5 Å². The summed E-state index contributed by atoms with van der Waals surface area (Å²) in [7, 11) is 1.29. The molecule has 0 fully saturated rings. The number of halogens is 3. The van der Waals surface area contributed by atoms with Gasteiger partial charge in [-0.2, -0.15) is 8.78 Å². The predicted octanol–water partition coefficient (Wildman–Crippen LogP) is 3.63. The smallest absolute Gasteiger partial charge is 0.387 e. The highest BCUT2D eigenvalue weighted by Crippen LogP contribution is 2.29. The molecule has 1 amide bonds. The molecule has 0 bridgehead atoms. The van der Waals surface area contributed by atoms with Crippen LogP contribution in [0, 0.1) is 5.82 Å². The second-order valence-corrected chi connectivity index (χ2v) is 5.28. The number of ether oxygens (including phenoxy) is 3. The van der Waals surface area contributed by atoms with E-state index < -0.39 is 30.9 Å². The quantitative estimate of drug-likeness (QED) is 0.546. The number of nitrogens with one attached hydrogen (secondary N) is 1. The van der Waals surface area contributed by atoms with Crippen molar-refractivity contribution in [2.45, 2.75) is 6.61 Å². The van der Waals surface area contributed by atoms with E-state index in [9.17, 15) is 22.8 Å². The van der Waals surface area contributed by atoms with Crippen LogP contribution in [0.15, 0.2) is 48.5 Å². The Kier molecular flexibility index (Phi) is 7.44. The fourth-order valence-electron chi connectivity index (χ4n) is 2.06. The van der Waals surface area contributed by atoms with E-state index >= 15 is 0 Å². The molecule has 148 valence electrons. The molecule has 0 saturated carbocycles. The molecule has 0 atom stereocenters. The molecule has 0 radical (unpaired) electrons. The Morgan fingerprint density at radius 3 is 2.46 bits per heavy atom. The standard InChI is InChI=1S/C19H16F3NO5/c1-26-16-10-12(2-8-15(16)28-19(21)22)3-9-18(25)27-11-17(24)23-14-6-4-13(20)5-7-14/h2-10,19H,11H2,1H3,(H,23,24)/b9-3+. The van der Waals surface area contributed by atoms with Gasteiger partial charge < -0.3 is 19.5 Å². The third kappa shape index (κ3) is 6.67. The Morgan fingerprint density at radius 2 is 1.82 bits per heavy atom. The summed E-state index contributed by atoms with van der Waals surface area (Å²) in [6.45, 7) is -3.53. The van der Waals surface area contributed by atoms with Crippen LogP contribution < -0.4 is 14.8 Å². The first-order valence-corrected chi connectivity index (χ1v) is 7.90. The number of alkyl halides is 2. The largest absolute Gasteiger partial charge is 0.493 e. The van der Waals surface area contributed by atoms with Crippen molar-refractivity contribution in [3.63, 3.8) is 0 Å². The first kappa shape index (κ1) is 20.8. The summed E-state index contributed by atoms with van der Waals surface area (Å²) in [6.07, 6.45) is 2.42. The molecule has 6 nitrogen and oxygen atoms in total. The molecule has 0 aliphatic carbocycles. The van der Waals surface area contributed by atoms with Gasteiger partial charge in [0.2, 0.25) is 0 Å². The van der Waals surface area contributed by atoms with Crippen LogP contribution >= 0.6 is 0 Å². The maximum absolute atomic E-state index is 12.8. The molecule has 28 heavy (non-hydrogen) atoms. The third-order valence-corrected chi connectivity index (χ3v) is 3.29. The van der Waals surface area contributed by atoms with E-state index in [1.165, 1.54) is 55.7 Å². The van der Waals surface area contributed by atoms with Gasteiger partial charge in [-0.1, -0.05) is 6.07 Å². The molecule has 0 aromatic heterocycles. The van der Waals surface area contributed by atoms with Crippen molar-refractivity contribution < 1.29 is 37.0 Å². The molecule has 2 aromatic carbocycles. The number of carbonyl (C=O) groups excluding carboxylic acids is 2. The lowest BCUT2D eigenvalue weighted by molar-refractivity contribution is -0.142. The van der Waals surface area contributed by atoms with Crippen molar-refractivity contribution in [2.24, 2.45) is 0 Å². The van der Waals surface area contributed by atoms with E-state index in [1.807, 2.05) is 0 Å². The molecule has 1 N–H and O–H groups in total. The molecule has 0 heterocycles. The summed E-state index contributed by atoms with van der Waals surface area (Å²) in [5, 5.41) is 2.44. The Hall–Kier alpha value is -3.49. The lowest BCUT2D eigenvalue weighted by Crippen LogP contribution is -2.20. The van der Waals surface area contributed by atoms with Crippen molar-refractivity contribution >= 4 is 23.6 Å². The van der Waals surface area contributed by atoms with Crippen LogP contribution in [-0.4, -0.2) is 32.2 Å².